The summed E-state index contributed by atoms with van der Waals surface area (Å²) in [5.41, 5.74) is 0.846. The molecule has 3 amide bonds. The second kappa shape index (κ2) is 9.90. The van der Waals surface area contributed by atoms with Crippen LogP contribution in [0.5, 0.6) is 0 Å². The molecule has 0 spiro atoms. The Labute approximate surface area is 174 Å². The van der Waals surface area contributed by atoms with Gasteiger partial charge in [0.15, 0.2) is 11.0 Å². The van der Waals surface area contributed by atoms with Crippen molar-refractivity contribution in [1.29, 1.82) is 0 Å². The minimum absolute atomic E-state index is 0.00294. The van der Waals surface area contributed by atoms with E-state index in [0.29, 0.717) is 10.2 Å². The maximum absolute atomic E-state index is 12.1. The summed E-state index contributed by atoms with van der Waals surface area (Å²) in [4.78, 5) is 25.8. The van der Waals surface area contributed by atoms with Crippen molar-refractivity contribution < 1.29 is 9.59 Å². The molecule has 0 aliphatic rings. The number of hydrogen-bond acceptors (Lipinski definition) is 6. The minimum Gasteiger partial charge on any atom is -0.336 e. The number of nitrogens with one attached hydrogen (secondary N) is 2. The van der Waals surface area contributed by atoms with Crippen molar-refractivity contribution in [2.75, 3.05) is 19.8 Å². The number of amides is 3. The molecule has 28 heavy (non-hydrogen) atoms. The van der Waals surface area contributed by atoms with Gasteiger partial charge in [-0.25, -0.2) is 4.79 Å². The van der Waals surface area contributed by atoms with E-state index in [1.165, 1.54) is 11.8 Å². The van der Waals surface area contributed by atoms with E-state index in [9.17, 15) is 9.59 Å². The molecular weight excluding hydrogens is 400 g/mol. The van der Waals surface area contributed by atoms with Gasteiger partial charge in [0, 0.05) is 16.8 Å². The number of halogens is 1. The Morgan fingerprint density at radius 1 is 1.18 bits per heavy atom. The third-order valence-corrected chi connectivity index (χ3v) is 5.08. The highest BCUT2D eigenvalue weighted by atomic mass is 35.5. The van der Waals surface area contributed by atoms with Gasteiger partial charge < -0.3 is 5.32 Å². The molecule has 1 atom stereocenters. The zero-order valence-electron chi connectivity index (χ0n) is 16.6. The molecule has 0 fully saturated rings. The van der Waals surface area contributed by atoms with Crippen molar-refractivity contribution in [3.8, 4) is 5.69 Å². The van der Waals surface area contributed by atoms with Crippen LogP contribution >= 0.6 is 23.4 Å². The van der Waals surface area contributed by atoms with E-state index in [4.69, 9.17) is 11.6 Å². The van der Waals surface area contributed by atoms with Gasteiger partial charge in [0.25, 0.3) is 0 Å². The number of aromatic nitrogens is 3. The first kappa shape index (κ1) is 22.2. The maximum atomic E-state index is 12.1. The third-order valence-electron chi connectivity index (χ3n) is 3.90. The first-order valence-electron chi connectivity index (χ1n) is 8.80. The number of thioether (sulfide) groups is 1. The van der Waals surface area contributed by atoms with Gasteiger partial charge in [-0.15, -0.1) is 10.2 Å². The Morgan fingerprint density at radius 3 is 2.39 bits per heavy atom. The smallest absolute Gasteiger partial charge is 0.321 e. The Balaban J connectivity index is 2.21. The molecule has 10 heteroatoms. The van der Waals surface area contributed by atoms with E-state index in [1.807, 2.05) is 56.5 Å². The van der Waals surface area contributed by atoms with Crippen LogP contribution in [0, 0.1) is 0 Å². The van der Waals surface area contributed by atoms with Gasteiger partial charge in [-0.05, 0) is 59.1 Å². The molecule has 1 aromatic carbocycles. The summed E-state index contributed by atoms with van der Waals surface area (Å²) >= 11 is 7.22. The first-order chi connectivity index (χ1) is 13.2. The fourth-order valence-corrected chi connectivity index (χ4v) is 3.19. The topological polar surface area (TPSA) is 92.2 Å². The molecule has 8 nitrogen and oxygen atoms in total. The maximum Gasteiger partial charge on any atom is 0.321 e. The monoisotopic (exact) mass is 424 g/mol. The predicted molar refractivity (Wildman–Crippen MR) is 111 cm³/mol. The minimum atomic E-state index is -0.512. The Bertz CT molecular complexity index is 822. The van der Waals surface area contributed by atoms with Crippen LogP contribution in [-0.4, -0.2) is 57.5 Å². The summed E-state index contributed by atoms with van der Waals surface area (Å²) in [6.45, 7) is 5.66. The molecule has 2 rings (SSSR count). The summed E-state index contributed by atoms with van der Waals surface area (Å²) in [5, 5.41) is 14.7. The number of hydrogen-bond donors (Lipinski definition) is 2. The number of imide groups is 1. The SMILES string of the molecule is CC(C)NC(=O)NC(=O)CSc1nnc([C@@H](C)N(C)C)n1-c1ccc(Cl)cc1. The van der Waals surface area contributed by atoms with Crippen LogP contribution in [0.15, 0.2) is 29.4 Å². The lowest BCUT2D eigenvalue weighted by Crippen LogP contribution is -2.43. The first-order valence-corrected chi connectivity index (χ1v) is 10.2. The summed E-state index contributed by atoms with van der Waals surface area (Å²) in [7, 11) is 3.91. The average Bonchev–Trinajstić information content (AvgIpc) is 3.02. The molecule has 1 aromatic heterocycles. The van der Waals surface area contributed by atoms with Gasteiger partial charge in [-0.3, -0.25) is 19.6 Å². The highest BCUT2D eigenvalue weighted by Gasteiger charge is 2.21. The van der Waals surface area contributed by atoms with Gasteiger partial charge in [-0.2, -0.15) is 0 Å². The molecule has 2 aromatic rings. The Morgan fingerprint density at radius 2 is 1.82 bits per heavy atom. The van der Waals surface area contributed by atoms with E-state index in [2.05, 4.69) is 20.8 Å². The number of benzene rings is 1. The van der Waals surface area contributed by atoms with Crippen molar-refractivity contribution in [3.63, 3.8) is 0 Å². The summed E-state index contributed by atoms with van der Waals surface area (Å²) in [5.74, 6) is 0.372. The molecule has 0 aliphatic carbocycles. The van der Waals surface area contributed by atoms with Crippen molar-refractivity contribution in [3.05, 3.63) is 35.1 Å². The average molecular weight is 425 g/mol. The van der Waals surface area contributed by atoms with Crippen molar-refractivity contribution in [2.24, 2.45) is 0 Å². The van der Waals surface area contributed by atoms with Gasteiger partial charge in [0.05, 0.1) is 11.8 Å². The van der Waals surface area contributed by atoms with Gasteiger partial charge in [0.1, 0.15) is 0 Å². The summed E-state index contributed by atoms with van der Waals surface area (Å²) in [6, 6.07) is 6.76. The Hall–Kier alpha value is -2.10. The third kappa shape index (κ3) is 5.95. The highest BCUT2D eigenvalue weighted by molar-refractivity contribution is 7.99. The highest BCUT2D eigenvalue weighted by Crippen LogP contribution is 2.27. The van der Waals surface area contributed by atoms with Crippen LogP contribution in [0.4, 0.5) is 4.79 Å². The molecule has 0 saturated heterocycles. The molecule has 0 bridgehead atoms. The number of urea groups is 1. The predicted octanol–water partition coefficient (Wildman–Crippen LogP) is 2.87. The number of nitrogens with zero attached hydrogens (tertiary/aromatic N) is 4. The number of carbonyl (C=O) groups excluding carboxylic acids is 2. The van der Waals surface area contributed by atoms with Crippen LogP contribution in [0.3, 0.4) is 0 Å². The molecule has 0 aliphatic heterocycles. The van der Waals surface area contributed by atoms with Crippen LogP contribution in [0.2, 0.25) is 5.02 Å². The fourth-order valence-electron chi connectivity index (χ4n) is 2.30. The molecule has 1 heterocycles. The molecular formula is C18H25ClN6O2S. The van der Waals surface area contributed by atoms with Crippen molar-refractivity contribution in [1.82, 2.24) is 30.3 Å². The van der Waals surface area contributed by atoms with Crippen LogP contribution in [0.25, 0.3) is 5.69 Å². The van der Waals surface area contributed by atoms with Gasteiger partial charge in [0.2, 0.25) is 5.91 Å². The second-order valence-corrected chi connectivity index (χ2v) is 8.14. The van der Waals surface area contributed by atoms with E-state index >= 15 is 0 Å². The second-order valence-electron chi connectivity index (χ2n) is 6.76. The standard InChI is InChI=1S/C18H25ClN6O2S/c1-11(2)20-17(27)21-15(26)10-28-18-23-22-16(12(3)24(4)5)25(18)14-8-6-13(19)7-9-14/h6-9,11-12H,10H2,1-5H3,(H2,20,21,26,27)/t12-/m1/s1. The quantitative estimate of drug-likeness (QED) is 0.664. The molecule has 2 N–H and O–H groups in total. The van der Waals surface area contributed by atoms with Crippen molar-refractivity contribution in [2.45, 2.75) is 38.0 Å². The lowest BCUT2D eigenvalue weighted by atomic mass is 10.2. The molecule has 0 radical (unpaired) electrons. The van der Waals surface area contributed by atoms with Crippen LogP contribution in [-0.2, 0) is 4.79 Å². The fraction of sp³-hybridized carbons (Fsp3) is 0.444. The van der Waals surface area contributed by atoms with Crippen molar-refractivity contribution >= 4 is 35.3 Å². The lowest BCUT2D eigenvalue weighted by Gasteiger charge is -2.20. The van der Waals surface area contributed by atoms with Gasteiger partial charge in [-0.1, -0.05) is 23.4 Å². The normalized spacial score (nSPS) is 12.3. The largest absolute Gasteiger partial charge is 0.336 e. The zero-order valence-corrected chi connectivity index (χ0v) is 18.1. The lowest BCUT2D eigenvalue weighted by molar-refractivity contribution is -0.117. The summed E-state index contributed by atoms with van der Waals surface area (Å²) in [6.07, 6.45) is 0. The summed E-state index contributed by atoms with van der Waals surface area (Å²) < 4.78 is 1.90. The zero-order chi connectivity index (χ0) is 20.8. The Kier molecular flexibility index (Phi) is 7.85. The number of carbonyl (C=O) groups is 2. The van der Waals surface area contributed by atoms with Crippen LogP contribution < -0.4 is 10.6 Å². The van der Waals surface area contributed by atoms with Gasteiger partial charge >= 0.3 is 6.03 Å². The van der Waals surface area contributed by atoms with E-state index in [-0.39, 0.29) is 17.8 Å². The molecule has 0 saturated carbocycles. The van der Waals surface area contributed by atoms with E-state index < -0.39 is 11.9 Å². The number of rotatable bonds is 7. The molecule has 152 valence electrons. The van der Waals surface area contributed by atoms with E-state index in [0.717, 1.165) is 11.5 Å². The van der Waals surface area contributed by atoms with Crippen LogP contribution in [0.1, 0.15) is 32.6 Å². The van der Waals surface area contributed by atoms with E-state index in [1.54, 1.807) is 12.1 Å². The molecule has 0 unspecified atom stereocenters.